The van der Waals surface area contributed by atoms with Gasteiger partial charge >= 0.3 is 79.9 Å². The number of rotatable bonds is 20. The number of carboxylic acid groups (broad SMARTS) is 6. The molecule has 0 aromatic carbocycles. The van der Waals surface area contributed by atoms with Crippen LogP contribution in [0.25, 0.3) is 0 Å². The van der Waals surface area contributed by atoms with Crippen molar-refractivity contribution in [2.45, 2.75) is 12.8 Å². The first kappa shape index (κ1) is 44.1. The second-order valence-electron chi connectivity index (χ2n) is 7.34. The minimum atomic E-state index is -1.54. The summed E-state index contributed by atoms with van der Waals surface area (Å²) in [5.74, 6) is -8.85. The number of carbonyl (C=O) groups is 6. The summed E-state index contributed by atoms with van der Waals surface area (Å²) in [6, 6.07) is 0. The van der Waals surface area contributed by atoms with E-state index in [2.05, 4.69) is 6.58 Å². The summed E-state index contributed by atoms with van der Waals surface area (Å²) in [7, 11) is 0. The molecule has 0 bridgehead atoms. The van der Waals surface area contributed by atoms with Crippen LogP contribution in [0.3, 0.4) is 0 Å². The maximum absolute atomic E-state index is 10.8. The topological polar surface area (TPSA) is 277 Å². The van der Waals surface area contributed by atoms with Crippen LogP contribution in [0.1, 0.15) is 12.8 Å². The molecule has 2 radical (unpaired) electrons. The average molecular weight is 831 g/mol. The Morgan fingerprint density at radius 2 is 0.816 bits per heavy atom. The van der Waals surface area contributed by atoms with E-state index < -0.39 is 68.5 Å². The molecule has 0 aliphatic rings. The Morgan fingerprint density at radius 3 is 1.05 bits per heavy atom. The molecule has 16 nitrogen and oxygen atoms in total. The molecule has 2 N–H and O–H groups in total. The molecule has 18 heteroatoms. The predicted octanol–water partition coefficient (Wildman–Crippen LogP) is -10.3. The van der Waals surface area contributed by atoms with E-state index in [0.717, 1.165) is 9.80 Å². The first-order valence-corrected chi connectivity index (χ1v) is 10.4. The third-order valence-electron chi connectivity index (χ3n) is 4.20. The quantitative estimate of drug-likeness (QED) is 0.112. The molecule has 0 fully saturated rings. The number of carboxylic acids is 6. The fourth-order valence-electron chi connectivity index (χ4n) is 2.59. The molecule has 0 heterocycles. The molecule has 0 spiro atoms. The molecule has 0 aromatic heterocycles. The van der Waals surface area contributed by atoms with Crippen molar-refractivity contribution in [2.24, 2.45) is 5.73 Å². The number of nitrogens with zero attached hydrogens (tertiary/aromatic N) is 3. The van der Waals surface area contributed by atoms with E-state index in [0.29, 0.717) is 19.4 Å². The van der Waals surface area contributed by atoms with Crippen molar-refractivity contribution in [3.63, 3.8) is 0 Å². The van der Waals surface area contributed by atoms with Crippen LogP contribution in [0.2, 0.25) is 0 Å². The van der Waals surface area contributed by atoms with Gasteiger partial charge in [-0.3, -0.25) is 14.7 Å². The summed E-state index contributed by atoms with van der Waals surface area (Å²) < 4.78 is 0. The molecule has 0 unspecified atom stereocenters. The molecule has 0 aromatic rings. The Morgan fingerprint density at radius 1 is 0.553 bits per heavy atom. The van der Waals surface area contributed by atoms with E-state index in [1.54, 1.807) is 0 Å². The third kappa shape index (κ3) is 29.6. The molecule has 216 valence electrons. The normalized spacial score (nSPS) is 10.0. The Labute approximate surface area is 283 Å². The van der Waals surface area contributed by atoms with Crippen molar-refractivity contribution in [3.05, 3.63) is 12.2 Å². The minimum absolute atomic E-state index is 0. The molecule has 0 aliphatic heterocycles. The maximum atomic E-state index is 10.8. The molecular formula is C20H28Gd2N4O12. The summed E-state index contributed by atoms with van der Waals surface area (Å²) in [6.07, 6.45) is 1.09. The Kier molecular flexibility index (Phi) is 30.5. The second kappa shape index (κ2) is 26.3. The van der Waals surface area contributed by atoms with E-state index in [4.69, 9.17) is 5.73 Å². The van der Waals surface area contributed by atoms with Crippen molar-refractivity contribution < 1.29 is 139 Å². The van der Waals surface area contributed by atoms with E-state index in [1.165, 1.54) is 4.90 Å². The fraction of sp³-hybridized carbons (Fsp3) is 0.600. The first-order valence-electron chi connectivity index (χ1n) is 10.4. The molecule has 0 rings (SSSR count). The van der Waals surface area contributed by atoms with E-state index >= 15 is 0 Å². The number of hydrogen-bond donors (Lipinski definition) is 1. The van der Waals surface area contributed by atoms with Crippen LogP contribution in [0.4, 0.5) is 0 Å². The van der Waals surface area contributed by atoms with Gasteiger partial charge in [0.2, 0.25) is 0 Å². The van der Waals surface area contributed by atoms with Gasteiger partial charge in [-0.05, 0) is 25.0 Å². The van der Waals surface area contributed by atoms with Crippen LogP contribution in [0.15, 0.2) is 12.2 Å². The monoisotopic (exact) mass is 832 g/mol. The maximum Gasteiger partial charge on any atom is 3.00 e. The predicted molar refractivity (Wildman–Crippen MR) is 107 cm³/mol. The van der Waals surface area contributed by atoms with Gasteiger partial charge < -0.3 is 65.1 Å². The summed E-state index contributed by atoms with van der Waals surface area (Å²) in [5.41, 5.74) is 5.25. The Hall–Kier alpha value is -0.951. The zero-order valence-electron chi connectivity index (χ0n) is 20.2. The van der Waals surface area contributed by atoms with Crippen LogP contribution < -0.4 is 36.4 Å². The zero-order valence-corrected chi connectivity index (χ0v) is 24.8. The minimum Gasteiger partial charge on any atom is -0.549 e. The zero-order chi connectivity index (χ0) is 28.3. The van der Waals surface area contributed by atoms with Gasteiger partial charge in [0.15, 0.2) is 0 Å². The number of carbonyl (C=O) groups excluding carboxylic acids is 6. The van der Waals surface area contributed by atoms with E-state index in [1.807, 2.05) is 0 Å². The van der Waals surface area contributed by atoms with Crippen molar-refractivity contribution >= 4 is 35.8 Å². The molecule has 0 saturated heterocycles. The van der Waals surface area contributed by atoms with Crippen molar-refractivity contribution in [1.29, 1.82) is 0 Å². The van der Waals surface area contributed by atoms with Gasteiger partial charge in [0.25, 0.3) is 0 Å². The SMILES string of the molecule is C=C(CCCN)C(=O)[O-].O=C([O-])CN(CCN(CC(=O)[O-])CC(=O)[O-])CCN(CC(=O)[O-])CC(=O)[O-].[Gd+3].[Gd+3]. The number of nitrogens with two attached hydrogens (primary N) is 1. The number of hydrogen-bond acceptors (Lipinski definition) is 16. The first-order chi connectivity index (χ1) is 16.7. The molecule has 0 atom stereocenters. The van der Waals surface area contributed by atoms with E-state index in [-0.39, 0.29) is 112 Å². The van der Waals surface area contributed by atoms with Crippen molar-refractivity contribution in [2.75, 3.05) is 65.4 Å². The van der Waals surface area contributed by atoms with Crippen LogP contribution in [-0.2, 0) is 28.8 Å². The van der Waals surface area contributed by atoms with Gasteiger partial charge in [0.1, 0.15) is 0 Å². The Balaban J connectivity index is -0.000000449. The van der Waals surface area contributed by atoms with Crippen LogP contribution in [0, 0.1) is 79.9 Å². The smallest absolute Gasteiger partial charge is 0.549 e. The van der Waals surface area contributed by atoms with Crippen molar-refractivity contribution in [3.8, 4) is 0 Å². The van der Waals surface area contributed by atoms with Gasteiger partial charge in [0, 0.05) is 58.9 Å². The second-order valence-corrected chi connectivity index (χ2v) is 7.34. The summed E-state index contributed by atoms with van der Waals surface area (Å²) in [5, 5.41) is 63.2. The molecule has 0 aliphatic carbocycles. The van der Waals surface area contributed by atoms with Gasteiger partial charge in [-0.1, -0.05) is 6.58 Å². The van der Waals surface area contributed by atoms with E-state index in [9.17, 15) is 59.4 Å². The van der Waals surface area contributed by atoms with Gasteiger partial charge in [-0.25, -0.2) is 0 Å². The number of aliphatic carboxylic acids is 6. The van der Waals surface area contributed by atoms with Crippen LogP contribution in [0.5, 0.6) is 0 Å². The molecule has 0 amide bonds. The fourth-order valence-corrected chi connectivity index (χ4v) is 2.59. The largest absolute Gasteiger partial charge is 3.00 e. The molecule has 38 heavy (non-hydrogen) atoms. The van der Waals surface area contributed by atoms with Gasteiger partial charge in [-0.15, -0.1) is 0 Å². The summed E-state index contributed by atoms with van der Waals surface area (Å²) in [6.45, 7) is -0.394. The van der Waals surface area contributed by atoms with Crippen molar-refractivity contribution in [1.82, 2.24) is 14.7 Å². The molecule has 0 saturated carbocycles. The van der Waals surface area contributed by atoms with Crippen LogP contribution in [-0.4, -0.2) is 116 Å². The standard InChI is InChI=1S/C14H23N3O10.C6H11NO2.2Gd/c18-10(19)5-15(1-3-16(6-11(20)21)7-12(22)23)2-4-17(8-13(24)25)9-14(26)27;1-5(6(8)9)3-2-4-7;;/h1-9H2,(H,18,19)(H,20,21)(H,22,23)(H,24,25)(H,26,27);1-4,7H2,(H,8,9);;/q;;2*+3/p-6. The van der Waals surface area contributed by atoms with Crippen LogP contribution >= 0.6 is 0 Å². The summed E-state index contributed by atoms with van der Waals surface area (Å²) >= 11 is 0. The van der Waals surface area contributed by atoms with Gasteiger partial charge in [0.05, 0.1) is 35.8 Å². The Bertz CT molecular complexity index is 713. The molecular weight excluding hydrogens is 803 g/mol. The summed E-state index contributed by atoms with van der Waals surface area (Å²) in [4.78, 5) is 66.3. The average Bonchev–Trinajstić information content (AvgIpc) is 2.71. The van der Waals surface area contributed by atoms with Gasteiger partial charge in [-0.2, -0.15) is 0 Å². The third-order valence-corrected chi connectivity index (χ3v) is 4.20.